The van der Waals surface area contributed by atoms with Crippen LogP contribution in [0.3, 0.4) is 0 Å². The van der Waals surface area contributed by atoms with E-state index >= 15 is 0 Å². The fraction of sp³-hybridized carbons (Fsp3) is 0.286. The molecule has 10 heteroatoms. The number of halogens is 1. The summed E-state index contributed by atoms with van der Waals surface area (Å²) in [7, 11) is 0. The fourth-order valence-corrected chi connectivity index (χ4v) is 3.82. The summed E-state index contributed by atoms with van der Waals surface area (Å²) in [5.74, 6) is 0.223. The molecular formula is C21H20FN5O4. The first-order chi connectivity index (χ1) is 15.1. The zero-order chi connectivity index (χ0) is 21.4. The molecule has 2 unspecified atom stereocenters. The van der Waals surface area contributed by atoms with E-state index in [0.717, 1.165) is 10.6 Å². The van der Waals surface area contributed by atoms with Gasteiger partial charge < -0.3 is 14.8 Å². The maximum atomic E-state index is 13.2. The number of hydrogen-bond acceptors (Lipinski definition) is 7. The minimum atomic E-state index is -0.491. The van der Waals surface area contributed by atoms with Crippen LogP contribution in [-0.4, -0.2) is 54.0 Å². The number of benzene rings is 2. The third kappa shape index (κ3) is 3.89. The minimum absolute atomic E-state index is 0.146. The van der Waals surface area contributed by atoms with Crippen LogP contribution in [0.25, 0.3) is 0 Å². The molecule has 0 spiro atoms. The van der Waals surface area contributed by atoms with Gasteiger partial charge in [0.25, 0.3) is 5.91 Å². The van der Waals surface area contributed by atoms with Gasteiger partial charge in [-0.1, -0.05) is 12.1 Å². The van der Waals surface area contributed by atoms with E-state index in [1.54, 1.807) is 35.3 Å². The van der Waals surface area contributed by atoms with Crippen molar-refractivity contribution in [3.8, 4) is 11.5 Å². The SMILES string of the molecule is O=C(CN1N=CN2NC(c3ccc(F)cc3)CC2C1=O)Nc1ccc2c(c1)OCCO2. The van der Waals surface area contributed by atoms with E-state index in [2.05, 4.69) is 15.8 Å². The molecule has 2 aromatic rings. The van der Waals surface area contributed by atoms with Crippen molar-refractivity contribution in [3.63, 3.8) is 0 Å². The standard InChI is InChI=1S/C21H20FN5O4/c22-14-3-1-13(2-4-14)16-10-17-21(29)26(23-12-27(17)25-16)11-20(28)24-15-5-6-18-19(9-15)31-8-7-30-18/h1-6,9,12,16-17,25H,7-8,10-11H2,(H,24,28). The van der Waals surface area contributed by atoms with Gasteiger partial charge in [0, 0.05) is 11.8 Å². The molecule has 1 fully saturated rings. The number of carbonyl (C=O) groups is 2. The van der Waals surface area contributed by atoms with Gasteiger partial charge in [-0.15, -0.1) is 0 Å². The summed E-state index contributed by atoms with van der Waals surface area (Å²) >= 11 is 0. The highest BCUT2D eigenvalue weighted by Crippen LogP contribution is 2.33. The summed E-state index contributed by atoms with van der Waals surface area (Å²) in [4.78, 5) is 25.4. The van der Waals surface area contributed by atoms with Gasteiger partial charge in [0.05, 0.1) is 6.04 Å². The van der Waals surface area contributed by atoms with Gasteiger partial charge in [-0.2, -0.15) is 5.10 Å². The first-order valence-electron chi connectivity index (χ1n) is 9.92. The van der Waals surface area contributed by atoms with Crippen molar-refractivity contribution in [2.45, 2.75) is 18.5 Å². The second-order valence-electron chi connectivity index (χ2n) is 7.43. The summed E-state index contributed by atoms with van der Waals surface area (Å²) in [6, 6.07) is 10.6. The van der Waals surface area contributed by atoms with Crippen LogP contribution in [0.1, 0.15) is 18.0 Å². The first kappa shape index (κ1) is 19.3. The second kappa shape index (κ2) is 7.88. The molecular weight excluding hydrogens is 405 g/mol. The van der Waals surface area contributed by atoms with Gasteiger partial charge in [-0.25, -0.2) is 14.8 Å². The van der Waals surface area contributed by atoms with E-state index in [4.69, 9.17) is 9.47 Å². The van der Waals surface area contributed by atoms with E-state index in [0.29, 0.717) is 36.8 Å². The lowest BCUT2D eigenvalue weighted by Crippen LogP contribution is -2.52. The van der Waals surface area contributed by atoms with E-state index in [1.807, 2.05) is 0 Å². The van der Waals surface area contributed by atoms with Crippen molar-refractivity contribution in [1.29, 1.82) is 0 Å². The van der Waals surface area contributed by atoms with E-state index in [1.165, 1.54) is 18.5 Å². The summed E-state index contributed by atoms with van der Waals surface area (Å²) in [5.41, 5.74) is 4.61. The quantitative estimate of drug-likeness (QED) is 0.774. The van der Waals surface area contributed by atoms with Crippen LogP contribution in [-0.2, 0) is 9.59 Å². The number of hydrazine groups is 1. The van der Waals surface area contributed by atoms with Gasteiger partial charge in [-0.3, -0.25) is 14.6 Å². The topological polar surface area (TPSA) is 95.5 Å². The largest absolute Gasteiger partial charge is 0.486 e. The Morgan fingerprint density at radius 1 is 1.16 bits per heavy atom. The lowest BCUT2D eigenvalue weighted by Gasteiger charge is -2.29. The first-order valence-corrected chi connectivity index (χ1v) is 9.92. The molecule has 9 nitrogen and oxygen atoms in total. The smallest absolute Gasteiger partial charge is 0.267 e. The predicted octanol–water partition coefficient (Wildman–Crippen LogP) is 1.64. The van der Waals surface area contributed by atoms with Crippen molar-refractivity contribution in [2.75, 3.05) is 25.1 Å². The Kier molecular flexibility index (Phi) is 4.91. The van der Waals surface area contributed by atoms with Crippen LogP contribution in [0.2, 0.25) is 0 Å². The summed E-state index contributed by atoms with van der Waals surface area (Å²) in [6.07, 6.45) is 1.98. The molecule has 0 saturated carbocycles. The number of hydrazone groups is 1. The maximum Gasteiger partial charge on any atom is 0.267 e. The molecule has 2 N–H and O–H groups in total. The van der Waals surface area contributed by atoms with Crippen molar-refractivity contribution in [2.24, 2.45) is 5.10 Å². The molecule has 3 aliphatic heterocycles. The Morgan fingerprint density at radius 3 is 2.74 bits per heavy atom. The highest BCUT2D eigenvalue weighted by molar-refractivity contribution is 5.96. The maximum absolute atomic E-state index is 13.2. The highest BCUT2D eigenvalue weighted by Gasteiger charge is 2.41. The molecule has 3 aliphatic rings. The summed E-state index contributed by atoms with van der Waals surface area (Å²) < 4.78 is 24.2. The molecule has 0 aliphatic carbocycles. The van der Waals surface area contributed by atoms with Crippen LogP contribution in [0.4, 0.5) is 10.1 Å². The normalized spacial score (nSPS) is 21.8. The van der Waals surface area contributed by atoms with E-state index < -0.39 is 6.04 Å². The van der Waals surface area contributed by atoms with Crippen LogP contribution in [0, 0.1) is 5.82 Å². The number of carbonyl (C=O) groups excluding carboxylic acids is 2. The lowest BCUT2D eigenvalue weighted by molar-refractivity contribution is -0.139. The van der Waals surface area contributed by atoms with Crippen molar-refractivity contribution in [1.82, 2.24) is 15.4 Å². The van der Waals surface area contributed by atoms with Crippen LogP contribution >= 0.6 is 0 Å². The number of anilines is 1. The molecule has 5 rings (SSSR count). The van der Waals surface area contributed by atoms with Gasteiger partial charge in [-0.05, 0) is 36.2 Å². The monoisotopic (exact) mass is 425 g/mol. The molecule has 1 saturated heterocycles. The Labute approximate surface area is 177 Å². The fourth-order valence-electron chi connectivity index (χ4n) is 3.82. The van der Waals surface area contributed by atoms with Crippen molar-refractivity contribution >= 4 is 23.8 Å². The molecule has 31 heavy (non-hydrogen) atoms. The van der Waals surface area contributed by atoms with Crippen LogP contribution in [0.5, 0.6) is 11.5 Å². The lowest BCUT2D eigenvalue weighted by atomic mass is 10.0. The Hall–Kier alpha value is -3.66. The Balaban J connectivity index is 1.21. The van der Waals surface area contributed by atoms with Crippen molar-refractivity contribution < 1.29 is 23.5 Å². The zero-order valence-electron chi connectivity index (χ0n) is 16.5. The minimum Gasteiger partial charge on any atom is -0.486 e. The number of hydrogen-bond donors (Lipinski definition) is 2. The average Bonchev–Trinajstić information content (AvgIpc) is 3.21. The summed E-state index contributed by atoms with van der Waals surface area (Å²) in [5, 5.41) is 9.64. The molecule has 0 aromatic heterocycles. The Morgan fingerprint density at radius 2 is 1.94 bits per heavy atom. The molecule has 2 aromatic carbocycles. The Bertz CT molecular complexity index is 1040. The van der Waals surface area contributed by atoms with Gasteiger partial charge >= 0.3 is 0 Å². The average molecular weight is 425 g/mol. The third-order valence-electron chi connectivity index (χ3n) is 5.35. The molecule has 3 heterocycles. The molecule has 0 bridgehead atoms. The summed E-state index contributed by atoms with van der Waals surface area (Å²) in [6.45, 7) is 0.727. The number of fused-ring (bicyclic) bond motifs is 2. The molecule has 160 valence electrons. The van der Waals surface area contributed by atoms with Gasteiger partial charge in [0.15, 0.2) is 11.5 Å². The highest BCUT2D eigenvalue weighted by atomic mass is 19.1. The van der Waals surface area contributed by atoms with Crippen molar-refractivity contribution in [3.05, 3.63) is 53.8 Å². The number of nitrogens with one attached hydrogen (secondary N) is 2. The zero-order valence-corrected chi connectivity index (χ0v) is 16.5. The predicted molar refractivity (Wildman–Crippen MR) is 109 cm³/mol. The van der Waals surface area contributed by atoms with Crippen LogP contribution < -0.4 is 20.2 Å². The van der Waals surface area contributed by atoms with Crippen LogP contribution in [0.15, 0.2) is 47.6 Å². The number of ether oxygens (including phenoxy) is 2. The van der Waals surface area contributed by atoms with E-state index in [-0.39, 0.29) is 30.2 Å². The van der Waals surface area contributed by atoms with E-state index in [9.17, 15) is 14.0 Å². The number of amides is 2. The number of rotatable bonds is 4. The third-order valence-corrected chi connectivity index (χ3v) is 5.35. The van der Waals surface area contributed by atoms with Gasteiger partial charge in [0.1, 0.15) is 38.0 Å². The molecule has 2 amide bonds. The second-order valence-corrected chi connectivity index (χ2v) is 7.43. The molecule has 0 radical (unpaired) electrons. The molecule has 2 atom stereocenters. The number of nitrogens with zero attached hydrogens (tertiary/aromatic N) is 3. The van der Waals surface area contributed by atoms with Gasteiger partial charge in [0.2, 0.25) is 5.91 Å².